The molecule has 0 N–H and O–H groups in total. The Morgan fingerprint density at radius 3 is 1.18 bits per heavy atom. The van der Waals surface area contributed by atoms with Crippen LogP contribution in [0.4, 0.5) is 0 Å². The largest absolute Gasteiger partial charge is 2.00 e. The van der Waals surface area contributed by atoms with Crippen molar-refractivity contribution in [1.82, 2.24) is 0 Å². The molecule has 92 valence electrons. The summed E-state index contributed by atoms with van der Waals surface area (Å²) in [5.74, 6) is -2.27. The van der Waals surface area contributed by atoms with E-state index in [1.807, 2.05) is 13.8 Å². The fourth-order valence-corrected chi connectivity index (χ4v) is 0.808. The van der Waals surface area contributed by atoms with Gasteiger partial charge in [0.05, 0.1) is 11.9 Å². The molecule has 17 heavy (non-hydrogen) atoms. The average molecular weight is 251 g/mol. The van der Waals surface area contributed by atoms with Crippen molar-refractivity contribution in [2.75, 3.05) is 0 Å². The van der Waals surface area contributed by atoms with Crippen LogP contribution in [0.3, 0.4) is 0 Å². The molecule has 0 aromatic heterocycles. The third-order valence-electron chi connectivity index (χ3n) is 1.68. The van der Waals surface area contributed by atoms with Crippen LogP contribution in [0, 0.1) is 0 Å². The number of aliphatic carboxylic acids is 2. The van der Waals surface area contributed by atoms with E-state index < -0.39 is 11.9 Å². The van der Waals surface area contributed by atoms with Crippen LogP contribution in [-0.2, 0) is 9.59 Å². The van der Waals surface area contributed by atoms with E-state index >= 15 is 0 Å². The monoisotopic (exact) mass is 250 g/mol. The van der Waals surface area contributed by atoms with Gasteiger partial charge in [-0.3, -0.25) is 0 Å². The van der Waals surface area contributed by atoms with Gasteiger partial charge in [-0.25, -0.2) is 0 Å². The van der Waals surface area contributed by atoms with Crippen LogP contribution in [-0.4, -0.2) is 35.0 Å². The maximum Gasteiger partial charge on any atom is 2.00 e. The summed E-state index contributed by atoms with van der Waals surface area (Å²) < 4.78 is 0. The number of hydrogen-bond acceptors (Lipinski definition) is 4. The molecule has 0 amide bonds. The standard InChI is InChI=1S/2C6H10O2.Mg/c2*1-3-4-5(2)6(7)8;/h2*2-4H2,1H3,(H,7,8);/q;;+2/p-2. The van der Waals surface area contributed by atoms with Crippen LogP contribution in [0.5, 0.6) is 0 Å². The Morgan fingerprint density at radius 2 is 1.12 bits per heavy atom. The van der Waals surface area contributed by atoms with Gasteiger partial charge in [0, 0.05) is 0 Å². The number of rotatable bonds is 6. The molecule has 0 aliphatic heterocycles. The first-order valence-electron chi connectivity index (χ1n) is 5.14. The summed E-state index contributed by atoms with van der Waals surface area (Å²) in [6, 6.07) is 0. The normalized spacial score (nSPS) is 8.12. The van der Waals surface area contributed by atoms with Gasteiger partial charge in [-0.05, 0) is 24.0 Å². The number of hydrogen-bond donors (Lipinski definition) is 0. The minimum Gasteiger partial charge on any atom is -0.545 e. The van der Waals surface area contributed by atoms with Crippen molar-refractivity contribution < 1.29 is 19.8 Å². The molecular weight excluding hydrogens is 232 g/mol. The molecule has 0 unspecified atom stereocenters. The summed E-state index contributed by atoms with van der Waals surface area (Å²) in [6.45, 7) is 10.4. The molecule has 4 nitrogen and oxygen atoms in total. The Morgan fingerprint density at radius 1 is 0.882 bits per heavy atom. The van der Waals surface area contributed by atoms with Crippen LogP contribution in [0.1, 0.15) is 39.5 Å². The van der Waals surface area contributed by atoms with Crippen molar-refractivity contribution in [3.63, 3.8) is 0 Å². The van der Waals surface area contributed by atoms with E-state index in [2.05, 4.69) is 13.2 Å². The van der Waals surface area contributed by atoms with Crippen molar-refractivity contribution in [2.24, 2.45) is 0 Å². The second-order valence-corrected chi connectivity index (χ2v) is 3.28. The molecule has 0 radical (unpaired) electrons. The second kappa shape index (κ2) is 13.3. The minimum atomic E-state index is -1.13. The van der Waals surface area contributed by atoms with Gasteiger partial charge in [-0.1, -0.05) is 39.8 Å². The number of carboxylic acid groups (broad SMARTS) is 2. The van der Waals surface area contributed by atoms with Crippen molar-refractivity contribution in [1.29, 1.82) is 0 Å². The van der Waals surface area contributed by atoms with Gasteiger partial charge in [0.15, 0.2) is 0 Å². The second-order valence-electron chi connectivity index (χ2n) is 3.28. The molecule has 5 heteroatoms. The zero-order valence-corrected chi connectivity index (χ0v) is 12.0. The van der Waals surface area contributed by atoms with Gasteiger partial charge >= 0.3 is 23.1 Å². The molecule has 0 aliphatic rings. The molecular formula is C12H18MgO4. The van der Waals surface area contributed by atoms with Crippen molar-refractivity contribution >= 4 is 35.0 Å². The Labute approximate surface area is 119 Å². The van der Waals surface area contributed by atoms with E-state index in [-0.39, 0.29) is 34.2 Å². The first-order chi connectivity index (χ1) is 7.36. The summed E-state index contributed by atoms with van der Waals surface area (Å²) in [5.41, 5.74) is 0.375. The SMILES string of the molecule is C=C(CCC)C(=O)[O-].C=C(CCC)C(=O)[O-].[Mg+2]. The van der Waals surface area contributed by atoms with Crippen LogP contribution in [0.25, 0.3) is 0 Å². The Kier molecular flexibility index (Phi) is 16.7. The quantitative estimate of drug-likeness (QED) is 0.483. The molecule has 0 spiro atoms. The molecule has 0 atom stereocenters. The summed E-state index contributed by atoms with van der Waals surface area (Å²) in [4.78, 5) is 19.8. The predicted octanol–water partition coefficient (Wildman–Crippen LogP) is -0.196. The molecule has 0 rings (SSSR count). The molecule has 0 aromatic carbocycles. The molecule has 0 heterocycles. The third kappa shape index (κ3) is 15.2. The zero-order valence-electron chi connectivity index (χ0n) is 10.6. The number of carbonyl (C=O) groups excluding carboxylic acids is 2. The third-order valence-corrected chi connectivity index (χ3v) is 1.68. The Bertz CT molecular complexity index is 244. The topological polar surface area (TPSA) is 80.3 Å². The molecule has 0 saturated heterocycles. The maximum atomic E-state index is 9.88. The van der Waals surface area contributed by atoms with E-state index in [9.17, 15) is 19.8 Å². The van der Waals surface area contributed by atoms with E-state index in [4.69, 9.17) is 0 Å². The number of carbonyl (C=O) groups is 2. The van der Waals surface area contributed by atoms with Crippen LogP contribution < -0.4 is 10.2 Å². The molecule has 0 saturated carbocycles. The maximum absolute atomic E-state index is 9.88. The van der Waals surface area contributed by atoms with Crippen molar-refractivity contribution in [3.05, 3.63) is 24.3 Å². The summed E-state index contributed by atoms with van der Waals surface area (Å²) >= 11 is 0. The minimum absolute atomic E-state index is 0. The van der Waals surface area contributed by atoms with Crippen molar-refractivity contribution in [2.45, 2.75) is 39.5 Å². The molecule has 0 fully saturated rings. The molecule has 0 aromatic rings. The van der Waals surface area contributed by atoms with E-state index in [0.29, 0.717) is 12.8 Å². The first kappa shape index (κ1) is 21.5. The van der Waals surface area contributed by atoms with Gasteiger partial charge in [-0.15, -0.1) is 0 Å². The first-order valence-corrected chi connectivity index (χ1v) is 5.14. The zero-order chi connectivity index (χ0) is 13.1. The summed E-state index contributed by atoms with van der Waals surface area (Å²) in [7, 11) is 0. The van der Waals surface area contributed by atoms with Crippen molar-refractivity contribution in [3.8, 4) is 0 Å². The average Bonchev–Trinajstić information content (AvgIpc) is 2.19. The Hall–Kier alpha value is -0.814. The van der Waals surface area contributed by atoms with E-state index in [1.54, 1.807) is 0 Å². The fourth-order valence-electron chi connectivity index (χ4n) is 0.808. The van der Waals surface area contributed by atoms with Gasteiger partial charge in [0.25, 0.3) is 0 Å². The molecule has 0 aliphatic carbocycles. The van der Waals surface area contributed by atoms with E-state index in [1.165, 1.54) is 0 Å². The summed E-state index contributed by atoms with van der Waals surface area (Å²) in [5, 5.41) is 19.8. The Balaban J connectivity index is -0.000000218. The van der Waals surface area contributed by atoms with E-state index in [0.717, 1.165) is 12.8 Å². The predicted molar refractivity (Wildman–Crippen MR) is 63.9 cm³/mol. The summed E-state index contributed by atoms with van der Waals surface area (Å²) in [6.07, 6.45) is 2.68. The van der Waals surface area contributed by atoms with Gasteiger partial charge in [-0.2, -0.15) is 0 Å². The fraction of sp³-hybridized carbons (Fsp3) is 0.500. The number of carboxylic acids is 2. The molecule has 0 bridgehead atoms. The van der Waals surface area contributed by atoms with Gasteiger partial charge < -0.3 is 19.8 Å². The van der Waals surface area contributed by atoms with Gasteiger partial charge in [0.2, 0.25) is 0 Å². The van der Waals surface area contributed by atoms with Crippen LogP contribution >= 0.6 is 0 Å². The van der Waals surface area contributed by atoms with Gasteiger partial charge in [0.1, 0.15) is 0 Å². The van der Waals surface area contributed by atoms with Crippen LogP contribution in [0.2, 0.25) is 0 Å². The van der Waals surface area contributed by atoms with Crippen LogP contribution in [0.15, 0.2) is 24.3 Å². The smallest absolute Gasteiger partial charge is 0.545 e.